The zero-order chi connectivity index (χ0) is 16.2. The first-order chi connectivity index (χ1) is 11.0. The fraction of sp³-hybridized carbons (Fsp3) is 0.875. The van der Waals surface area contributed by atoms with E-state index in [9.17, 15) is 13.2 Å². The molecule has 23 heavy (non-hydrogen) atoms. The maximum Gasteiger partial charge on any atom is 0.248 e. The second-order valence-electron chi connectivity index (χ2n) is 7.49. The fourth-order valence-electron chi connectivity index (χ4n) is 4.91. The highest BCUT2D eigenvalue weighted by Crippen LogP contribution is 2.51. The normalized spacial score (nSPS) is 42.6. The molecule has 0 spiro atoms. The molecule has 128 valence electrons. The Bertz CT molecular complexity index is 646. The minimum atomic E-state index is -2.95. The molecule has 2 aliphatic carbocycles. The number of hydrogen-bond donors (Lipinski definition) is 0. The molecule has 2 bridgehead atoms. The van der Waals surface area contributed by atoms with Crippen LogP contribution in [0, 0.1) is 11.8 Å². The number of sulfone groups is 1. The Balaban J connectivity index is 1.63. The van der Waals surface area contributed by atoms with Gasteiger partial charge in [-0.3, -0.25) is 4.79 Å². The molecular formula is C16H24N2O3S2. The molecule has 0 radical (unpaired) electrons. The smallest absolute Gasteiger partial charge is 0.248 e. The Labute approximate surface area is 142 Å². The van der Waals surface area contributed by atoms with E-state index in [0.29, 0.717) is 18.4 Å². The van der Waals surface area contributed by atoms with Crippen molar-refractivity contribution in [1.82, 2.24) is 4.90 Å². The van der Waals surface area contributed by atoms with Crippen LogP contribution in [0.4, 0.5) is 0 Å². The molecule has 4 aliphatic rings. The summed E-state index contributed by atoms with van der Waals surface area (Å²) in [7, 11) is -2.95. The summed E-state index contributed by atoms with van der Waals surface area (Å²) in [5.41, 5.74) is 0. The number of thioether (sulfide) groups is 1. The summed E-state index contributed by atoms with van der Waals surface area (Å²) < 4.78 is 24.1. The first kappa shape index (κ1) is 15.9. The van der Waals surface area contributed by atoms with Crippen LogP contribution < -0.4 is 0 Å². The third-order valence-corrected chi connectivity index (χ3v) is 9.07. The molecule has 2 aliphatic heterocycles. The van der Waals surface area contributed by atoms with Gasteiger partial charge < -0.3 is 4.90 Å². The summed E-state index contributed by atoms with van der Waals surface area (Å²) in [6.45, 7) is 1.98. The lowest BCUT2D eigenvalue weighted by atomic mass is 9.93. The molecule has 2 heterocycles. The van der Waals surface area contributed by atoms with Crippen LogP contribution in [0.2, 0.25) is 0 Å². The lowest BCUT2D eigenvalue weighted by Crippen LogP contribution is -2.47. The molecule has 0 N–H and O–H groups in total. The SMILES string of the molecule is CCCC(=O)N=C1S[C@@H]2CS(=O)(=O)C[C@@H]2N1[C@H]1C[C@H]2CC[C@H]1C2. The van der Waals surface area contributed by atoms with Crippen molar-refractivity contribution in [3.8, 4) is 0 Å². The van der Waals surface area contributed by atoms with Crippen molar-refractivity contribution in [2.24, 2.45) is 16.8 Å². The van der Waals surface area contributed by atoms with Gasteiger partial charge in [0.25, 0.3) is 0 Å². The predicted octanol–water partition coefficient (Wildman–Crippen LogP) is 2.07. The second kappa shape index (κ2) is 5.76. The highest BCUT2D eigenvalue weighted by Gasteiger charge is 2.54. The predicted molar refractivity (Wildman–Crippen MR) is 92.2 cm³/mol. The molecule has 5 atom stereocenters. The third-order valence-electron chi connectivity index (χ3n) is 5.85. The number of carbonyl (C=O) groups excluding carboxylic acids is 1. The number of rotatable bonds is 3. The second-order valence-corrected chi connectivity index (χ2v) is 10.8. The molecule has 2 saturated heterocycles. The fourth-order valence-corrected chi connectivity index (χ4v) is 8.90. The van der Waals surface area contributed by atoms with Gasteiger partial charge in [0.05, 0.1) is 17.5 Å². The lowest BCUT2D eigenvalue weighted by molar-refractivity contribution is -0.117. The van der Waals surface area contributed by atoms with Crippen molar-refractivity contribution >= 4 is 32.7 Å². The van der Waals surface area contributed by atoms with Crippen LogP contribution in [-0.2, 0) is 14.6 Å². The van der Waals surface area contributed by atoms with Gasteiger partial charge in [0.15, 0.2) is 15.0 Å². The lowest BCUT2D eigenvalue weighted by Gasteiger charge is -2.36. The summed E-state index contributed by atoms with van der Waals surface area (Å²) in [4.78, 5) is 18.7. The topological polar surface area (TPSA) is 66.8 Å². The number of amidine groups is 1. The zero-order valence-corrected chi connectivity index (χ0v) is 15.1. The molecule has 0 aromatic carbocycles. The van der Waals surface area contributed by atoms with Crippen LogP contribution >= 0.6 is 11.8 Å². The van der Waals surface area contributed by atoms with Crippen LogP contribution in [0.15, 0.2) is 4.99 Å². The van der Waals surface area contributed by atoms with Crippen molar-refractivity contribution in [3.63, 3.8) is 0 Å². The van der Waals surface area contributed by atoms with Crippen LogP contribution in [0.1, 0.15) is 45.4 Å². The average molecular weight is 357 g/mol. The van der Waals surface area contributed by atoms with E-state index < -0.39 is 9.84 Å². The maximum atomic E-state index is 12.0. The van der Waals surface area contributed by atoms with E-state index in [-0.39, 0.29) is 28.7 Å². The molecule has 0 aromatic rings. The van der Waals surface area contributed by atoms with E-state index in [2.05, 4.69) is 9.89 Å². The third kappa shape index (κ3) is 2.84. The number of nitrogens with zero attached hydrogens (tertiary/aromatic N) is 2. The van der Waals surface area contributed by atoms with Crippen molar-refractivity contribution in [3.05, 3.63) is 0 Å². The minimum absolute atomic E-state index is 0.0301. The molecule has 0 aromatic heterocycles. The highest BCUT2D eigenvalue weighted by molar-refractivity contribution is 8.15. The molecule has 4 rings (SSSR count). The summed E-state index contributed by atoms with van der Waals surface area (Å²) in [5, 5.41) is 0.873. The average Bonchev–Trinajstić information content (AvgIpc) is 3.18. The van der Waals surface area contributed by atoms with E-state index in [1.165, 1.54) is 31.0 Å². The largest absolute Gasteiger partial charge is 0.343 e. The number of hydrogen-bond acceptors (Lipinski definition) is 4. The van der Waals surface area contributed by atoms with Gasteiger partial charge in [-0.25, -0.2) is 8.42 Å². The van der Waals surface area contributed by atoms with Crippen LogP contribution in [0.5, 0.6) is 0 Å². The summed E-state index contributed by atoms with van der Waals surface area (Å²) in [6.07, 6.45) is 6.26. The highest BCUT2D eigenvalue weighted by atomic mass is 32.2. The van der Waals surface area contributed by atoms with Crippen molar-refractivity contribution in [2.45, 2.75) is 62.8 Å². The molecule has 1 amide bonds. The molecule has 0 unspecified atom stereocenters. The number of carbonyl (C=O) groups is 1. The van der Waals surface area contributed by atoms with Gasteiger partial charge in [-0.15, -0.1) is 0 Å². The van der Waals surface area contributed by atoms with Gasteiger partial charge >= 0.3 is 0 Å². The molecule has 2 saturated carbocycles. The zero-order valence-electron chi connectivity index (χ0n) is 13.5. The Morgan fingerprint density at radius 1 is 1.26 bits per heavy atom. The molecule has 5 nitrogen and oxygen atoms in total. The Morgan fingerprint density at radius 2 is 2.09 bits per heavy atom. The van der Waals surface area contributed by atoms with Crippen LogP contribution in [0.25, 0.3) is 0 Å². The van der Waals surface area contributed by atoms with Gasteiger partial charge in [0, 0.05) is 17.7 Å². The Hall–Kier alpha value is -0.560. The first-order valence-corrected chi connectivity index (χ1v) is 11.4. The summed E-state index contributed by atoms with van der Waals surface area (Å²) in [5.74, 6) is 1.86. The van der Waals surface area contributed by atoms with Gasteiger partial charge in [-0.1, -0.05) is 25.1 Å². The van der Waals surface area contributed by atoms with Crippen molar-refractivity contribution in [1.29, 1.82) is 0 Å². The number of fused-ring (bicyclic) bond motifs is 3. The first-order valence-electron chi connectivity index (χ1n) is 8.74. The number of amides is 1. The van der Waals surface area contributed by atoms with E-state index in [4.69, 9.17) is 0 Å². The van der Waals surface area contributed by atoms with Gasteiger partial charge in [-0.2, -0.15) is 4.99 Å². The van der Waals surface area contributed by atoms with Gasteiger partial charge in [-0.05, 0) is 37.5 Å². The van der Waals surface area contributed by atoms with Gasteiger partial charge in [0.1, 0.15) is 0 Å². The molecular weight excluding hydrogens is 332 g/mol. The summed E-state index contributed by atoms with van der Waals surface area (Å²) in [6, 6.07) is 0.431. The van der Waals surface area contributed by atoms with Crippen LogP contribution in [-0.4, -0.2) is 53.2 Å². The standard InChI is InChI=1S/C16H24N2O3S2/c1-2-3-15(19)17-16-18(12-7-10-4-5-11(12)6-10)13-8-23(20,21)9-14(13)22-16/h10-14H,2-9H2,1H3/t10-,11-,12-,13-,14+/m0/s1. The molecule has 4 fully saturated rings. The van der Waals surface area contributed by atoms with Crippen molar-refractivity contribution in [2.75, 3.05) is 11.5 Å². The summed E-state index contributed by atoms with van der Waals surface area (Å²) >= 11 is 1.54. The van der Waals surface area contributed by atoms with E-state index >= 15 is 0 Å². The quantitative estimate of drug-likeness (QED) is 0.774. The van der Waals surface area contributed by atoms with Crippen LogP contribution in [0.3, 0.4) is 0 Å². The number of aliphatic imine (C=N–C) groups is 1. The monoisotopic (exact) mass is 356 g/mol. The van der Waals surface area contributed by atoms with Crippen molar-refractivity contribution < 1.29 is 13.2 Å². The van der Waals surface area contributed by atoms with E-state index in [1.807, 2.05) is 6.92 Å². The Morgan fingerprint density at radius 3 is 2.74 bits per heavy atom. The minimum Gasteiger partial charge on any atom is -0.343 e. The van der Waals surface area contributed by atoms with Gasteiger partial charge in [0.2, 0.25) is 5.91 Å². The Kier molecular flexibility index (Phi) is 3.99. The maximum absolute atomic E-state index is 12.0. The van der Waals surface area contributed by atoms with E-state index in [1.54, 1.807) is 0 Å². The van der Waals surface area contributed by atoms with E-state index in [0.717, 1.165) is 23.9 Å². The molecule has 7 heteroatoms.